The quantitative estimate of drug-likeness (QED) is 0.534. The third-order valence-electron chi connectivity index (χ3n) is 2.34. The van der Waals surface area contributed by atoms with Gasteiger partial charge in [-0.15, -0.1) is 0 Å². The van der Waals surface area contributed by atoms with Crippen LogP contribution in [0.15, 0.2) is 11.3 Å². The molecule has 0 aromatic heterocycles. The summed E-state index contributed by atoms with van der Waals surface area (Å²) in [7, 11) is 0. The SMILES string of the molecule is CC1CCC2=C(C1)NC2=O. The molecule has 1 aliphatic carbocycles. The van der Waals surface area contributed by atoms with E-state index in [2.05, 4.69) is 12.2 Å². The Morgan fingerprint density at radius 2 is 2.40 bits per heavy atom. The fourth-order valence-corrected chi connectivity index (χ4v) is 1.64. The van der Waals surface area contributed by atoms with Gasteiger partial charge >= 0.3 is 0 Å². The zero-order chi connectivity index (χ0) is 7.14. The first kappa shape index (κ1) is 5.96. The Morgan fingerprint density at radius 3 is 3.00 bits per heavy atom. The number of hydrogen-bond donors (Lipinski definition) is 1. The predicted octanol–water partition coefficient (Wildman–Crippen LogP) is 1.19. The van der Waals surface area contributed by atoms with Gasteiger partial charge in [0, 0.05) is 11.3 Å². The standard InChI is InChI=1S/C8H11NO/c1-5-2-3-6-7(4-5)9-8(6)10/h5H,2-4H2,1H3,(H,9,10). The minimum atomic E-state index is 0.168. The summed E-state index contributed by atoms with van der Waals surface area (Å²) in [4.78, 5) is 10.8. The normalized spacial score (nSPS) is 30.9. The zero-order valence-electron chi connectivity index (χ0n) is 6.11. The molecule has 0 spiro atoms. The van der Waals surface area contributed by atoms with E-state index < -0.39 is 0 Å². The van der Waals surface area contributed by atoms with Crippen LogP contribution in [0.4, 0.5) is 0 Å². The van der Waals surface area contributed by atoms with E-state index in [1.807, 2.05) is 0 Å². The molecule has 2 rings (SSSR count). The first-order valence-electron chi connectivity index (χ1n) is 3.81. The molecule has 2 aliphatic rings. The van der Waals surface area contributed by atoms with Crippen molar-refractivity contribution < 1.29 is 4.79 Å². The molecule has 1 heterocycles. The number of rotatable bonds is 0. The fraction of sp³-hybridized carbons (Fsp3) is 0.625. The molecule has 0 aromatic rings. The van der Waals surface area contributed by atoms with Gasteiger partial charge in [0.05, 0.1) is 0 Å². The van der Waals surface area contributed by atoms with E-state index in [-0.39, 0.29) is 5.91 Å². The van der Waals surface area contributed by atoms with Crippen LogP contribution < -0.4 is 5.32 Å². The van der Waals surface area contributed by atoms with Crippen molar-refractivity contribution in [3.63, 3.8) is 0 Å². The third-order valence-corrected chi connectivity index (χ3v) is 2.34. The minimum Gasteiger partial charge on any atom is -0.325 e. The second-order valence-electron chi connectivity index (χ2n) is 3.26. The zero-order valence-corrected chi connectivity index (χ0v) is 6.11. The molecule has 1 atom stereocenters. The van der Waals surface area contributed by atoms with Crippen LogP contribution in [-0.2, 0) is 4.79 Å². The first-order chi connectivity index (χ1) is 4.77. The molecule has 0 fully saturated rings. The van der Waals surface area contributed by atoms with Crippen LogP contribution in [0.25, 0.3) is 0 Å². The van der Waals surface area contributed by atoms with Crippen molar-refractivity contribution in [1.82, 2.24) is 5.32 Å². The van der Waals surface area contributed by atoms with Crippen LogP contribution in [-0.4, -0.2) is 5.91 Å². The lowest BCUT2D eigenvalue weighted by Crippen LogP contribution is -2.40. The van der Waals surface area contributed by atoms with Crippen LogP contribution in [0.5, 0.6) is 0 Å². The molecule has 10 heavy (non-hydrogen) atoms. The molecule has 0 bridgehead atoms. The summed E-state index contributed by atoms with van der Waals surface area (Å²) >= 11 is 0. The van der Waals surface area contributed by atoms with Crippen molar-refractivity contribution in [3.05, 3.63) is 11.3 Å². The summed E-state index contributed by atoms with van der Waals surface area (Å²) in [5.41, 5.74) is 2.28. The molecule has 0 aromatic carbocycles. The number of carbonyl (C=O) groups is 1. The lowest BCUT2D eigenvalue weighted by atomic mass is 9.84. The molecule has 2 heteroatoms. The van der Waals surface area contributed by atoms with Crippen LogP contribution in [0, 0.1) is 5.92 Å². The van der Waals surface area contributed by atoms with Gasteiger partial charge in [-0.05, 0) is 25.2 Å². The van der Waals surface area contributed by atoms with Gasteiger partial charge in [0.2, 0.25) is 0 Å². The lowest BCUT2D eigenvalue weighted by Gasteiger charge is -2.31. The monoisotopic (exact) mass is 137 g/mol. The Labute approximate surface area is 60.3 Å². The van der Waals surface area contributed by atoms with Gasteiger partial charge in [-0.2, -0.15) is 0 Å². The summed E-state index contributed by atoms with van der Waals surface area (Å²) in [5, 5.41) is 2.82. The van der Waals surface area contributed by atoms with Crippen LogP contribution in [0.3, 0.4) is 0 Å². The maximum atomic E-state index is 10.8. The highest BCUT2D eigenvalue weighted by Gasteiger charge is 2.30. The molecular formula is C8H11NO. The Morgan fingerprint density at radius 1 is 1.60 bits per heavy atom. The summed E-state index contributed by atoms with van der Waals surface area (Å²) in [5.74, 6) is 0.932. The molecule has 1 unspecified atom stereocenters. The van der Waals surface area contributed by atoms with E-state index in [0.717, 1.165) is 24.3 Å². The predicted molar refractivity (Wildman–Crippen MR) is 38.2 cm³/mol. The minimum absolute atomic E-state index is 0.168. The number of hydrogen-bond acceptors (Lipinski definition) is 1. The average Bonchev–Trinajstić information content (AvgIpc) is 1.86. The van der Waals surface area contributed by atoms with Gasteiger partial charge in [-0.25, -0.2) is 0 Å². The van der Waals surface area contributed by atoms with Crippen LogP contribution in [0.2, 0.25) is 0 Å². The molecular weight excluding hydrogens is 126 g/mol. The third kappa shape index (κ3) is 0.681. The molecule has 1 amide bonds. The van der Waals surface area contributed by atoms with Crippen molar-refractivity contribution >= 4 is 5.91 Å². The van der Waals surface area contributed by atoms with Crippen molar-refractivity contribution in [1.29, 1.82) is 0 Å². The Bertz CT molecular complexity index is 217. The largest absolute Gasteiger partial charge is 0.325 e. The number of carbonyl (C=O) groups excluding carboxylic acids is 1. The molecule has 1 aliphatic heterocycles. The van der Waals surface area contributed by atoms with Gasteiger partial charge < -0.3 is 5.32 Å². The fourth-order valence-electron chi connectivity index (χ4n) is 1.64. The molecule has 0 saturated heterocycles. The van der Waals surface area contributed by atoms with Gasteiger partial charge in [0.15, 0.2) is 0 Å². The van der Waals surface area contributed by atoms with Gasteiger partial charge in [-0.1, -0.05) is 6.92 Å². The van der Waals surface area contributed by atoms with Gasteiger partial charge in [0.25, 0.3) is 5.91 Å². The lowest BCUT2D eigenvalue weighted by molar-refractivity contribution is -0.119. The molecule has 2 nitrogen and oxygen atoms in total. The van der Waals surface area contributed by atoms with E-state index in [9.17, 15) is 4.79 Å². The number of allylic oxidation sites excluding steroid dienone is 1. The van der Waals surface area contributed by atoms with Gasteiger partial charge in [-0.3, -0.25) is 4.79 Å². The topological polar surface area (TPSA) is 29.1 Å². The van der Waals surface area contributed by atoms with E-state index in [4.69, 9.17) is 0 Å². The maximum absolute atomic E-state index is 10.8. The molecule has 1 N–H and O–H groups in total. The van der Waals surface area contributed by atoms with E-state index in [0.29, 0.717) is 0 Å². The van der Waals surface area contributed by atoms with Crippen molar-refractivity contribution in [2.45, 2.75) is 26.2 Å². The maximum Gasteiger partial charge on any atom is 0.253 e. The van der Waals surface area contributed by atoms with E-state index in [1.54, 1.807) is 0 Å². The number of amides is 1. The highest BCUT2D eigenvalue weighted by atomic mass is 16.2. The first-order valence-corrected chi connectivity index (χ1v) is 3.81. The summed E-state index contributed by atoms with van der Waals surface area (Å²) in [6, 6.07) is 0. The second kappa shape index (κ2) is 1.84. The van der Waals surface area contributed by atoms with Crippen molar-refractivity contribution in [2.24, 2.45) is 5.92 Å². The Hall–Kier alpha value is -0.790. The molecule has 54 valence electrons. The highest BCUT2D eigenvalue weighted by molar-refractivity contribution is 6.01. The Balaban J connectivity index is 2.20. The second-order valence-corrected chi connectivity index (χ2v) is 3.26. The Kier molecular flexibility index (Phi) is 1.10. The van der Waals surface area contributed by atoms with Crippen LogP contribution >= 0.6 is 0 Å². The summed E-state index contributed by atoms with van der Waals surface area (Å²) in [6.45, 7) is 2.23. The van der Waals surface area contributed by atoms with Crippen molar-refractivity contribution in [2.75, 3.05) is 0 Å². The van der Waals surface area contributed by atoms with Crippen LogP contribution in [0.1, 0.15) is 26.2 Å². The smallest absolute Gasteiger partial charge is 0.253 e. The van der Waals surface area contributed by atoms with Crippen molar-refractivity contribution in [3.8, 4) is 0 Å². The summed E-state index contributed by atoms with van der Waals surface area (Å²) in [6.07, 6.45) is 3.27. The molecule has 0 radical (unpaired) electrons. The molecule has 0 saturated carbocycles. The van der Waals surface area contributed by atoms with E-state index >= 15 is 0 Å². The van der Waals surface area contributed by atoms with E-state index in [1.165, 1.54) is 12.1 Å². The van der Waals surface area contributed by atoms with Gasteiger partial charge in [0.1, 0.15) is 0 Å². The summed E-state index contributed by atoms with van der Waals surface area (Å²) < 4.78 is 0. The highest BCUT2D eigenvalue weighted by Crippen LogP contribution is 2.32. The number of nitrogens with one attached hydrogen (secondary N) is 1. The average molecular weight is 137 g/mol.